The summed E-state index contributed by atoms with van der Waals surface area (Å²) >= 11 is 5.58. The zero-order chi connectivity index (χ0) is 5.98. The molecule has 0 amide bonds. The van der Waals surface area contributed by atoms with E-state index < -0.39 is 0 Å². The van der Waals surface area contributed by atoms with Crippen LogP contribution in [0.3, 0.4) is 0 Å². The number of anilines is 1. The van der Waals surface area contributed by atoms with Gasteiger partial charge in [-0.15, -0.1) is 0 Å². The minimum absolute atomic E-state index is 0. The Bertz CT molecular complexity index is 169. The van der Waals surface area contributed by atoms with Crippen LogP contribution in [0.4, 0.5) is 5.69 Å². The topological polar surface area (TPSA) is 26.0 Å². The van der Waals surface area contributed by atoms with Crippen molar-refractivity contribution in [1.29, 1.82) is 0 Å². The van der Waals surface area contributed by atoms with E-state index >= 15 is 0 Å². The monoisotopic (exact) mass is 135 g/mol. The third-order valence-corrected chi connectivity index (χ3v) is 1.25. The van der Waals surface area contributed by atoms with Gasteiger partial charge in [0, 0.05) is 0 Å². The molecule has 3 heteroatoms. The molecule has 0 aliphatic carbocycles. The fourth-order valence-corrected chi connectivity index (χ4v) is 0.611. The van der Waals surface area contributed by atoms with Gasteiger partial charge < -0.3 is 5.73 Å². The maximum absolute atomic E-state index is 5.58. The van der Waals surface area contributed by atoms with E-state index in [2.05, 4.69) is 0 Å². The number of nitrogen functional groups attached to an aromatic ring is 1. The molecule has 44 valence electrons. The molecule has 0 saturated carbocycles. The minimum atomic E-state index is 0. The van der Waals surface area contributed by atoms with Gasteiger partial charge in [-0.25, -0.2) is 0 Å². The zero-order valence-corrected chi connectivity index (χ0v) is 5.02. The Morgan fingerprint density at radius 3 is 2.11 bits per heavy atom. The fraction of sp³-hybridized carbons (Fsp3) is 0. The second kappa shape index (κ2) is 3.84. The van der Waals surface area contributed by atoms with Gasteiger partial charge in [0.2, 0.25) is 0 Å². The molecule has 0 spiro atoms. The number of benzene rings is 1. The molecule has 2 N–H and O–H groups in total. The van der Waals surface area contributed by atoms with E-state index in [0.717, 1.165) is 0 Å². The Hall–Kier alpha value is -0.0926. The molecule has 1 aromatic rings. The van der Waals surface area contributed by atoms with Gasteiger partial charge in [0.05, 0.1) is 10.7 Å². The Morgan fingerprint density at radius 2 is 1.78 bits per heavy atom. The Kier molecular flexibility index (Phi) is 3.80. The number of rotatable bonds is 0. The Labute approximate surface area is 71.4 Å². The van der Waals surface area contributed by atoms with E-state index in [1.54, 1.807) is 12.1 Å². The van der Waals surface area contributed by atoms with Crippen molar-refractivity contribution >= 4 is 36.1 Å². The van der Waals surface area contributed by atoms with E-state index in [-0.39, 0.29) is 18.9 Å². The maximum atomic E-state index is 5.58. The van der Waals surface area contributed by atoms with Crippen molar-refractivity contribution in [2.24, 2.45) is 0 Å². The third kappa shape index (κ3) is 2.32. The normalized spacial score (nSPS) is 8.11. The first kappa shape index (κ1) is 8.91. The van der Waals surface area contributed by atoms with Crippen LogP contribution < -0.4 is 5.73 Å². The van der Waals surface area contributed by atoms with E-state index in [1.807, 2.05) is 12.1 Å². The predicted octanol–water partition coefficient (Wildman–Crippen LogP) is 1.27. The van der Waals surface area contributed by atoms with Crippen molar-refractivity contribution in [3.8, 4) is 0 Å². The van der Waals surface area contributed by atoms with Crippen LogP contribution in [-0.2, 0) is 0 Å². The first-order valence-electron chi connectivity index (χ1n) is 2.31. The van der Waals surface area contributed by atoms with Crippen LogP contribution in [-0.4, -0.2) is 18.9 Å². The number of para-hydroxylation sites is 1. The summed E-state index contributed by atoms with van der Waals surface area (Å²) in [5.74, 6) is 0. The zero-order valence-electron chi connectivity index (χ0n) is 4.26. The first-order chi connectivity index (χ1) is 3.80. The molecule has 1 nitrogen and oxygen atoms in total. The van der Waals surface area contributed by atoms with Crippen molar-refractivity contribution in [2.75, 3.05) is 5.73 Å². The van der Waals surface area contributed by atoms with Gasteiger partial charge in [0.15, 0.2) is 0 Å². The van der Waals surface area contributed by atoms with Crippen LogP contribution in [0, 0.1) is 0 Å². The van der Waals surface area contributed by atoms with Crippen molar-refractivity contribution in [3.63, 3.8) is 0 Å². The number of halogens is 1. The average molecular weight is 136 g/mol. The van der Waals surface area contributed by atoms with Gasteiger partial charge in [-0.3, -0.25) is 0 Å². The van der Waals surface area contributed by atoms with E-state index in [4.69, 9.17) is 17.3 Å². The summed E-state index contributed by atoms with van der Waals surface area (Å²) in [5, 5.41) is 0.618. The summed E-state index contributed by atoms with van der Waals surface area (Å²) in [6, 6.07) is 7.22. The average Bonchev–Trinajstić information content (AvgIpc) is 1.77. The van der Waals surface area contributed by atoms with Crippen molar-refractivity contribution in [1.82, 2.24) is 0 Å². The summed E-state index contributed by atoms with van der Waals surface area (Å²) < 4.78 is 0. The van der Waals surface area contributed by atoms with Crippen LogP contribution in [0.2, 0.25) is 5.02 Å². The third-order valence-electron chi connectivity index (χ3n) is 0.905. The first-order valence-corrected chi connectivity index (χ1v) is 2.68. The molecule has 1 rings (SSSR count). The van der Waals surface area contributed by atoms with E-state index in [9.17, 15) is 0 Å². The Balaban J connectivity index is 0.000000640. The second-order valence-electron chi connectivity index (χ2n) is 1.52. The SMILES string of the molecule is Nc1ccccc1Cl.[LiH]. The summed E-state index contributed by atoms with van der Waals surface area (Å²) in [6.07, 6.45) is 0. The molecule has 0 aliphatic rings. The number of hydrogen-bond donors (Lipinski definition) is 1. The van der Waals surface area contributed by atoms with Crippen LogP contribution in [0.15, 0.2) is 24.3 Å². The molecular weight excluding hydrogens is 128 g/mol. The second-order valence-corrected chi connectivity index (χ2v) is 1.93. The molecule has 0 aliphatic heterocycles. The van der Waals surface area contributed by atoms with Gasteiger partial charge in [-0.1, -0.05) is 23.7 Å². The fourth-order valence-electron chi connectivity index (χ4n) is 0.475. The summed E-state index contributed by atoms with van der Waals surface area (Å²) in [5.41, 5.74) is 6.02. The van der Waals surface area contributed by atoms with Gasteiger partial charge >= 0.3 is 18.9 Å². The molecule has 0 aromatic heterocycles. The summed E-state index contributed by atoms with van der Waals surface area (Å²) in [4.78, 5) is 0. The predicted molar refractivity (Wildman–Crippen MR) is 43.0 cm³/mol. The van der Waals surface area contributed by atoms with Crippen molar-refractivity contribution < 1.29 is 0 Å². The molecule has 9 heavy (non-hydrogen) atoms. The quantitative estimate of drug-likeness (QED) is 0.421. The molecule has 0 radical (unpaired) electrons. The van der Waals surface area contributed by atoms with Crippen molar-refractivity contribution in [3.05, 3.63) is 29.3 Å². The van der Waals surface area contributed by atoms with E-state index in [1.165, 1.54) is 0 Å². The van der Waals surface area contributed by atoms with E-state index in [0.29, 0.717) is 10.7 Å². The Morgan fingerprint density at radius 1 is 1.22 bits per heavy atom. The van der Waals surface area contributed by atoms with Crippen LogP contribution >= 0.6 is 11.6 Å². The van der Waals surface area contributed by atoms with Gasteiger partial charge in [-0.2, -0.15) is 0 Å². The molecular formula is C6H7ClLiN. The van der Waals surface area contributed by atoms with Crippen molar-refractivity contribution in [2.45, 2.75) is 0 Å². The van der Waals surface area contributed by atoms with Crippen LogP contribution in [0.5, 0.6) is 0 Å². The standard InChI is InChI=1S/C6H6ClN.Li.H/c7-5-3-1-2-4-6(5)8;;/h1-4H,8H2;;. The molecule has 0 atom stereocenters. The summed E-state index contributed by atoms with van der Waals surface area (Å²) in [6.45, 7) is 0. The van der Waals surface area contributed by atoms with Gasteiger partial charge in [-0.05, 0) is 12.1 Å². The number of nitrogens with two attached hydrogens (primary N) is 1. The molecule has 0 bridgehead atoms. The molecule has 1 aromatic carbocycles. The van der Waals surface area contributed by atoms with Gasteiger partial charge in [0.25, 0.3) is 0 Å². The molecule has 0 fully saturated rings. The number of hydrogen-bond acceptors (Lipinski definition) is 1. The van der Waals surface area contributed by atoms with Gasteiger partial charge in [0.1, 0.15) is 0 Å². The summed E-state index contributed by atoms with van der Waals surface area (Å²) in [7, 11) is 0. The van der Waals surface area contributed by atoms with Crippen LogP contribution in [0.1, 0.15) is 0 Å². The molecule has 0 saturated heterocycles. The molecule has 0 heterocycles. The van der Waals surface area contributed by atoms with Crippen LogP contribution in [0.25, 0.3) is 0 Å². The molecule has 0 unspecified atom stereocenters.